The van der Waals surface area contributed by atoms with Crippen LogP contribution in [0.3, 0.4) is 0 Å². The third-order valence-electron chi connectivity index (χ3n) is 5.46. The van der Waals surface area contributed by atoms with Crippen molar-refractivity contribution in [2.24, 2.45) is 0 Å². The molecule has 2 aromatic rings. The molecule has 0 atom stereocenters. The van der Waals surface area contributed by atoms with Gasteiger partial charge in [-0.1, -0.05) is 35.9 Å². The highest BCUT2D eigenvalue weighted by atomic mass is 32.1. The molecule has 0 spiro atoms. The Morgan fingerprint density at radius 2 is 1.71 bits per heavy atom. The summed E-state index contributed by atoms with van der Waals surface area (Å²) in [6.45, 7) is 4.49. The molecule has 124 valence electrons. The summed E-state index contributed by atoms with van der Waals surface area (Å²) >= 11 is 1.86. The lowest BCUT2D eigenvalue weighted by molar-refractivity contribution is 0.886. The van der Waals surface area contributed by atoms with E-state index >= 15 is 0 Å². The number of rotatable bonds is 2. The van der Waals surface area contributed by atoms with Gasteiger partial charge in [0.15, 0.2) is 0 Å². The number of hydrogen-bond donors (Lipinski definition) is 0. The summed E-state index contributed by atoms with van der Waals surface area (Å²) in [6, 6.07) is 10.6. The first kappa shape index (κ1) is 15.8. The Hall–Kier alpha value is -1.67. The number of aryl methyl sites for hydroxylation is 1. The molecule has 1 aromatic carbocycles. The van der Waals surface area contributed by atoms with Crippen molar-refractivity contribution >= 4 is 16.9 Å². The Kier molecular flexibility index (Phi) is 4.41. The average Bonchev–Trinajstić information content (AvgIpc) is 3.35. The molecular formula is C22H25NS. The molecule has 1 aromatic heterocycles. The Balaban J connectivity index is 1.75. The van der Waals surface area contributed by atoms with Gasteiger partial charge in [-0.25, -0.2) is 4.98 Å². The van der Waals surface area contributed by atoms with E-state index in [1.807, 2.05) is 11.3 Å². The van der Waals surface area contributed by atoms with Crippen LogP contribution >= 0.6 is 11.3 Å². The minimum Gasteiger partial charge on any atom is -0.241 e. The van der Waals surface area contributed by atoms with Gasteiger partial charge in [-0.15, -0.1) is 11.3 Å². The van der Waals surface area contributed by atoms with Crippen LogP contribution in [0.4, 0.5) is 0 Å². The molecular weight excluding hydrogens is 310 g/mol. The van der Waals surface area contributed by atoms with Crippen molar-refractivity contribution < 1.29 is 0 Å². The van der Waals surface area contributed by atoms with E-state index in [-0.39, 0.29) is 0 Å². The van der Waals surface area contributed by atoms with Crippen LogP contribution in [0, 0.1) is 6.92 Å². The molecule has 2 saturated carbocycles. The number of allylic oxidation sites excluding steroid dienone is 4. The van der Waals surface area contributed by atoms with Crippen molar-refractivity contribution in [3.63, 3.8) is 0 Å². The fourth-order valence-corrected chi connectivity index (χ4v) is 5.34. The molecule has 4 rings (SSSR count). The second kappa shape index (κ2) is 6.68. The largest absolute Gasteiger partial charge is 0.241 e. The second-order valence-corrected chi connectivity index (χ2v) is 8.04. The smallest absolute Gasteiger partial charge is 0.124 e. The Morgan fingerprint density at radius 3 is 2.46 bits per heavy atom. The summed E-state index contributed by atoms with van der Waals surface area (Å²) in [6.07, 6.45) is 9.33. The minimum atomic E-state index is 1.15. The summed E-state index contributed by atoms with van der Waals surface area (Å²) in [5, 5.41) is 1.15. The van der Waals surface area contributed by atoms with Crippen LogP contribution in [0.1, 0.15) is 62.4 Å². The topological polar surface area (TPSA) is 12.9 Å². The fourth-order valence-electron chi connectivity index (χ4n) is 4.24. The maximum Gasteiger partial charge on any atom is 0.124 e. The average molecular weight is 336 g/mol. The van der Waals surface area contributed by atoms with Gasteiger partial charge in [-0.2, -0.15) is 0 Å². The molecule has 24 heavy (non-hydrogen) atoms. The van der Waals surface area contributed by atoms with Gasteiger partial charge < -0.3 is 0 Å². The lowest BCUT2D eigenvalue weighted by Gasteiger charge is -2.10. The van der Waals surface area contributed by atoms with Crippen LogP contribution in [0.5, 0.6) is 0 Å². The van der Waals surface area contributed by atoms with Gasteiger partial charge in [0.1, 0.15) is 5.01 Å². The minimum absolute atomic E-state index is 1.15. The summed E-state index contributed by atoms with van der Waals surface area (Å²) in [5.74, 6) is 0. The number of thiazole rings is 1. The molecule has 2 aliphatic rings. The third kappa shape index (κ3) is 2.88. The SMILES string of the molecule is C/C(=C1\CCCC1=C1CCCC1)c1sc(-c2ccccc2)nc1C. The van der Waals surface area contributed by atoms with E-state index in [1.165, 1.54) is 66.7 Å². The number of aromatic nitrogens is 1. The van der Waals surface area contributed by atoms with E-state index in [4.69, 9.17) is 4.98 Å². The van der Waals surface area contributed by atoms with Crippen LogP contribution in [0.2, 0.25) is 0 Å². The predicted molar refractivity (Wildman–Crippen MR) is 104 cm³/mol. The van der Waals surface area contributed by atoms with Crippen LogP contribution in [-0.4, -0.2) is 4.98 Å². The molecule has 0 N–H and O–H groups in total. The predicted octanol–water partition coefficient (Wildman–Crippen LogP) is 6.95. The van der Waals surface area contributed by atoms with Crippen LogP contribution < -0.4 is 0 Å². The maximum absolute atomic E-state index is 4.86. The zero-order valence-electron chi connectivity index (χ0n) is 14.7. The quantitative estimate of drug-likeness (QED) is 0.579. The first-order chi connectivity index (χ1) is 11.7. The fraction of sp³-hybridized carbons (Fsp3) is 0.409. The highest BCUT2D eigenvalue weighted by molar-refractivity contribution is 7.16. The lowest BCUT2D eigenvalue weighted by atomic mass is 9.97. The first-order valence-corrected chi connectivity index (χ1v) is 10.00. The monoisotopic (exact) mass is 335 g/mol. The molecule has 0 saturated heterocycles. The Morgan fingerprint density at radius 1 is 0.958 bits per heavy atom. The van der Waals surface area contributed by atoms with Crippen molar-refractivity contribution in [2.45, 2.75) is 58.8 Å². The lowest BCUT2D eigenvalue weighted by Crippen LogP contribution is -1.91. The van der Waals surface area contributed by atoms with Crippen molar-refractivity contribution in [3.8, 4) is 10.6 Å². The number of nitrogens with zero attached hydrogens (tertiary/aromatic N) is 1. The van der Waals surface area contributed by atoms with Gasteiger partial charge in [0.25, 0.3) is 0 Å². The zero-order valence-corrected chi connectivity index (χ0v) is 15.5. The first-order valence-electron chi connectivity index (χ1n) is 9.18. The normalized spacial score (nSPS) is 20.1. The molecule has 0 radical (unpaired) electrons. The van der Waals surface area contributed by atoms with E-state index in [9.17, 15) is 0 Å². The van der Waals surface area contributed by atoms with Gasteiger partial charge in [0.05, 0.1) is 10.6 Å². The van der Waals surface area contributed by atoms with E-state index < -0.39 is 0 Å². The molecule has 2 heteroatoms. The zero-order chi connectivity index (χ0) is 16.5. The molecule has 0 aliphatic heterocycles. The highest BCUT2D eigenvalue weighted by Crippen LogP contribution is 2.44. The van der Waals surface area contributed by atoms with E-state index in [0.717, 1.165) is 5.01 Å². The van der Waals surface area contributed by atoms with Gasteiger partial charge in [0, 0.05) is 5.56 Å². The van der Waals surface area contributed by atoms with Gasteiger partial charge in [0.2, 0.25) is 0 Å². The number of benzene rings is 1. The van der Waals surface area contributed by atoms with Crippen LogP contribution in [0.25, 0.3) is 16.1 Å². The third-order valence-corrected chi connectivity index (χ3v) is 6.79. The molecule has 1 nitrogen and oxygen atoms in total. The summed E-state index contributed by atoms with van der Waals surface area (Å²) < 4.78 is 0. The number of hydrogen-bond acceptors (Lipinski definition) is 2. The standard InChI is InChI=1S/C22H25NS/c1-15(19-13-8-14-20(19)17-9-6-7-10-17)21-16(2)23-22(24-21)18-11-4-3-5-12-18/h3-5,11-12H,6-10,13-14H2,1-2H3/b19-15-. The summed E-state index contributed by atoms with van der Waals surface area (Å²) in [5.41, 5.74) is 9.01. The molecule has 1 heterocycles. The van der Waals surface area contributed by atoms with Crippen molar-refractivity contribution in [1.82, 2.24) is 4.98 Å². The molecule has 0 unspecified atom stereocenters. The van der Waals surface area contributed by atoms with Crippen LogP contribution in [0.15, 0.2) is 47.1 Å². The summed E-state index contributed by atoms with van der Waals surface area (Å²) in [7, 11) is 0. The van der Waals surface area contributed by atoms with Crippen LogP contribution in [-0.2, 0) is 0 Å². The van der Waals surface area contributed by atoms with E-state index in [2.05, 4.69) is 44.2 Å². The van der Waals surface area contributed by atoms with Gasteiger partial charge in [-0.05, 0) is 75.5 Å². The van der Waals surface area contributed by atoms with Crippen molar-refractivity contribution in [2.75, 3.05) is 0 Å². The summed E-state index contributed by atoms with van der Waals surface area (Å²) in [4.78, 5) is 6.25. The van der Waals surface area contributed by atoms with Gasteiger partial charge >= 0.3 is 0 Å². The van der Waals surface area contributed by atoms with E-state index in [0.29, 0.717) is 0 Å². The second-order valence-electron chi connectivity index (χ2n) is 7.05. The van der Waals surface area contributed by atoms with E-state index in [1.54, 1.807) is 16.7 Å². The molecule has 0 bridgehead atoms. The highest BCUT2D eigenvalue weighted by Gasteiger charge is 2.23. The Labute approximate surface area is 149 Å². The molecule has 0 amide bonds. The van der Waals surface area contributed by atoms with Crippen molar-refractivity contribution in [1.29, 1.82) is 0 Å². The Bertz CT molecular complexity index is 800. The van der Waals surface area contributed by atoms with Gasteiger partial charge in [-0.3, -0.25) is 0 Å². The maximum atomic E-state index is 4.86. The van der Waals surface area contributed by atoms with Crippen molar-refractivity contribution in [3.05, 3.63) is 57.6 Å². The molecule has 2 fully saturated rings. The molecule has 2 aliphatic carbocycles.